The number of anilines is 1. The van der Waals surface area contributed by atoms with Gasteiger partial charge in [-0.05, 0) is 19.4 Å². The largest absolute Gasteiger partial charge is 0.450 e. The van der Waals surface area contributed by atoms with Crippen LogP contribution in [0.15, 0.2) is 36.7 Å². The number of aromatic nitrogens is 2. The molecule has 1 aromatic heterocycles. The first-order valence-electron chi connectivity index (χ1n) is 9.39. The molecule has 2 heterocycles. The van der Waals surface area contributed by atoms with Crippen molar-refractivity contribution in [2.24, 2.45) is 0 Å². The summed E-state index contributed by atoms with van der Waals surface area (Å²) in [6.07, 6.45) is 2.78. The van der Waals surface area contributed by atoms with Crippen molar-refractivity contribution in [2.75, 3.05) is 37.7 Å². The lowest BCUT2D eigenvalue weighted by Crippen LogP contribution is -2.49. The van der Waals surface area contributed by atoms with Gasteiger partial charge in [-0.1, -0.05) is 29.8 Å². The number of rotatable bonds is 5. The van der Waals surface area contributed by atoms with Gasteiger partial charge in [-0.2, -0.15) is 0 Å². The van der Waals surface area contributed by atoms with Gasteiger partial charge in [-0.3, -0.25) is 4.79 Å². The topological polar surface area (TPSA) is 87.7 Å². The van der Waals surface area contributed by atoms with E-state index in [4.69, 9.17) is 4.74 Å². The van der Waals surface area contributed by atoms with Crippen LogP contribution >= 0.6 is 0 Å². The van der Waals surface area contributed by atoms with Crippen LogP contribution in [0.5, 0.6) is 0 Å². The third-order valence-electron chi connectivity index (χ3n) is 4.52. The normalized spacial score (nSPS) is 13.9. The number of ether oxygens (including phenoxy) is 1. The molecule has 1 fully saturated rings. The van der Waals surface area contributed by atoms with E-state index in [2.05, 4.69) is 15.3 Å². The van der Waals surface area contributed by atoms with Crippen molar-refractivity contribution in [2.45, 2.75) is 20.4 Å². The fourth-order valence-corrected chi connectivity index (χ4v) is 3.01. The average Bonchev–Trinajstić information content (AvgIpc) is 2.72. The Kier molecular flexibility index (Phi) is 6.41. The van der Waals surface area contributed by atoms with Crippen LogP contribution in [0.1, 0.15) is 28.4 Å². The molecule has 0 unspecified atom stereocenters. The number of nitrogens with zero attached hydrogens (tertiary/aromatic N) is 4. The number of nitrogens with one attached hydrogen (secondary N) is 1. The Balaban J connectivity index is 1.52. The molecule has 148 valence electrons. The minimum absolute atomic E-state index is 0.208. The number of benzene rings is 1. The van der Waals surface area contributed by atoms with Crippen LogP contribution in [0, 0.1) is 6.92 Å². The summed E-state index contributed by atoms with van der Waals surface area (Å²) < 4.78 is 5.02. The van der Waals surface area contributed by atoms with Gasteiger partial charge < -0.3 is 19.9 Å². The van der Waals surface area contributed by atoms with Gasteiger partial charge in [0.15, 0.2) is 0 Å². The molecule has 0 bridgehead atoms. The standard InChI is InChI=1S/C20H25N5O3/c1-3-28-20(27)25-9-7-24(8-10-25)19-22-13-17(14-23-19)18(26)21-12-16-6-4-5-15(2)11-16/h4-6,11,13-14H,3,7-10,12H2,1-2H3,(H,21,26). The number of hydrogen-bond donors (Lipinski definition) is 1. The maximum absolute atomic E-state index is 12.3. The second kappa shape index (κ2) is 9.16. The summed E-state index contributed by atoms with van der Waals surface area (Å²) in [6.45, 7) is 7.00. The van der Waals surface area contributed by atoms with Crippen LogP contribution in [-0.2, 0) is 11.3 Å². The summed E-state index contributed by atoms with van der Waals surface area (Å²) in [4.78, 5) is 36.4. The van der Waals surface area contributed by atoms with Crippen LogP contribution in [-0.4, -0.2) is 59.7 Å². The third-order valence-corrected chi connectivity index (χ3v) is 4.52. The predicted octanol–water partition coefficient (Wildman–Crippen LogP) is 1.99. The molecule has 1 aliphatic heterocycles. The highest BCUT2D eigenvalue weighted by Crippen LogP contribution is 2.12. The van der Waals surface area contributed by atoms with Gasteiger partial charge in [0.2, 0.25) is 5.95 Å². The molecule has 0 saturated carbocycles. The zero-order valence-electron chi connectivity index (χ0n) is 16.2. The van der Waals surface area contributed by atoms with Crippen molar-refractivity contribution in [1.29, 1.82) is 0 Å². The molecule has 0 atom stereocenters. The molecular formula is C20H25N5O3. The first-order chi connectivity index (χ1) is 13.6. The second-order valence-corrected chi connectivity index (χ2v) is 6.62. The molecule has 3 rings (SSSR count). The Labute approximate surface area is 164 Å². The highest BCUT2D eigenvalue weighted by molar-refractivity contribution is 5.93. The Bertz CT molecular complexity index is 817. The minimum atomic E-state index is -0.288. The monoisotopic (exact) mass is 383 g/mol. The first kappa shape index (κ1) is 19.6. The Morgan fingerprint density at radius 1 is 1.14 bits per heavy atom. The van der Waals surface area contributed by atoms with E-state index in [1.54, 1.807) is 11.8 Å². The van der Waals surface area contributed by atoms with E-state index in [0.717, 1.165) is 11.1 Å². The lowest BCUT2D eigenvalue weighted by Gasteiger charge is -2.33. The molecule has 0 spiro atoms. The zero-order valence-corrected chi connectivity index (χ0v) is 16.2. The summed E-state index contributed by atoms with van der Waals surface area (Å²) in [5.74, 6) is 0.346. The van der Waals surface area contributed by atoms with Crippen molar-refractivity contribution >= 4 is 17.9 Å². The van der Waals surface area contributed by atoms with Crippen LogP contribution in [0.3, 0.4) is 0 Å². The fraction of sp³-hybridized carbons (Fsp3) is 0.400. The van der Waals surface area contributed by atoms with E-state index in [-0.39, 0.29) is 12.0 Å². The van der Waals surface area contributed by atoms with Crippen LogP contribution < -0.4 is 10.2 Å². The SMILES string of the molecule is CCOC(=O)N1CCN(c2ncc(C(=O)NCc3cccc(C)c3)cn2)CC1. The third kappa shape index (κ3) is 4.97. The van der Waals surface area contributed by atoms with E-state index in [1.165, 1.54) is 12.4 Å². The summed E-state index contributed by atoms with van der Waals surface area (Å²) in [7, 11) is 0. The molecule has 8 nitrogen and oxygen atoms in total. The highest BCUT2D eigenvalue weighted by atomic mass is 16.6. The van der Waals surface area contributed by atoms with Gasteiger partial charge in [0.05, 0.1) is 12.2 Å². The summed E-state index contributed by atoms with van der Waals surface area (Å²) in [6, 6.07) is 8.00. The molecule has 28 heavy (non-hydrogen) atoms. The van der Waals surface area contributed by atoms with Gasteiger partial charge in [-0.25, -0.2) is 14.8 Å². The zero-order chi connectivity index (χ0) is 19.9. The predicted molar refractivity (Wildman–Crippen MR) is 105 cm³/mol. The molecule has 1 aliphatic rings. The van der Waals surface area contributed by atoms with Gasteiger partial charge in [0.25, 0.3) is 5.91 Å². The van der Waals surface area contributed by atoms with Gasteiger partial charge in [0, 0.05) is 45.1 Å². The van der Waals surface area contributed by atoms with Crippen LogP contribution in [0.25, 0.3) is 0 Å². The molecule has 8 heteroatoms. The number of piperazine rings is 1. The number of aryl methyl sites for hydroxylation is 1. The lowest BCUT2D eigenvalue weighted by atomic mass is 10.1. The van der Waals surface area contributed by atoms with E-state index in [9.17, 15) is 9.59 Å². The van der Waals surface area contributed by atoms with E-state index in [1.807, 2.05) is 36.1 Å². The lowest BCUT2D eigenvalue weighted by molar-refractivity contribution is 0.0949. The van der Waals surface area contributed by atoms with Crippen molar-refractivity contribution in [3.8, 4) is 0 Å². The number of carbonyl (C=O) groups is 2. The quantitative estimate of drug-likeness (QED) is 0.850. The van der Waals surface area contributed by atoms with Crippen molar-refractivity contribution < 1.29 is 14.3 Å². The van der Waals surface area contributed by atoms with Gasteiger partial charge >= 0.3 is 6.09 Å². The molecule has 1 aromatic carbocycles. The highest BCUT2D eigenvalue weighted by Gasteiger charge is 2.23. The molecular weight excluding hydrogens is 358 g/mol. The Morgan fingerprint density at radius 3 is 2.50 bits per heavy atom. The van der Waals surface area contributed by atoms with Crippen molar-refractivity contribution in [1.82, 2.24) is 20.2 Å². The van der Waals surface area contributed by atoms with Gasteiger partial charge in [-0.15, -0.1) is 0 Å². The Hall–Kier alpha value is -3.16. The fourth-order valence-electron chi connectivity index (χ4n) is 3.01. The van der Waals surface area contributed by atoms with E-state index < -0.39 is 0 Å². The van der Waals surface area contributed by atoms with Crippen molar-refractivity contribution in [3.63, 3.8) is 0 Å². The maximum atomic E-state index is 12.3. The maximum Gasteiger partial charge on any atom is 0.409 e. The first-order valence-corrected chi connectivity index (χ1v) is 9.39. The molecule has 1 N–H and O–H groups in total. The van der Waals surface area contributed by atoms with Crippen LogP contribution in [0.4, 0.5) is 10.7 Å². The average molecular weight is 383 g/mol. The molecule has 1 saturated heterocycles. The van der Waals surface area contributed by atoms with Crippen LogP contribution in [0.2, 0.25) is 0 Å². The van der Waals surface area contributed by atoms with Gasteiger partial charge in [0.1, 0.15) is 0 Å². The number of carbonyl (C=O) groups excluding carboxylic acids is 2. The molecule has 2 aromatic rings. The smallest absolute Gasteiger partial charge is 0.409 e. The second-order valence-electron chi connectivity index (χ2n) is 6.62. The summed E-state index contributed by atoms with van der Waals surface area (Å²) in [5, 5.41) is 2.88. The van der Waals surface area contributed by atoms with Crippen molar-refractivity contribution in [3.05, 3.63) is 53.3 Å². The minimum Gasteiger partial charge on any atom is -0.450 e. The van der Waals surface area contributed by atoms with E-state index in [0.29, 0.717) is 50.8 Å². The summed E-state index contributed by atoms with van der Waals surface area (Å²) in [5.41, 5.74) is 2.62. The van der Waals surface area contributed by atoms with E-state index >= 15 is 0 Å². The number of hydrogen-bond acceptors (Lipinski definition) is 6. The summed E-state index contributed by atoms with van der Waals surface area (Å²) >= 11 is 0. The number of amides is 2. The molecule has 2 amide bonds. The molecule has 0 radical (unpaired) electrons. The Morgan fingerprint density at radius 2 is 1.86 bits per heavy atom. The molecule has 0 aliphatic carbocycles.